The van der Waals surface area contributed by atoms with Gasteiger partial charge in [-0.15, -0.1) is 0 Å². The number of hydrogen-bond donors (Lipinski definition) is 4. The molecule has 5 N–H and O–H groups in total. The number of halogens is 4. The number of rotatable bonds is 6. The first-order valence-corrected chi connectivity index (χ1v) is 24.6. The minimum Gasteiger partial charge on any atom is -0.503 e. The number of nitrogens with one attached hydrogen (secondary N) is 1. The van der Waals surface area contributed by atoms with Crippen molar-refractivity contribution in [2.24, 2.45) is 5.73 Å². The Labute approximate surface area is 419 Å². The van der Waals surface area contributed by atoms with Crippen LogP contribution in [-0.4, -0.2) is 123 Å². The van der Waals surface area contributed by atoms with Crippen LogP contribution in [0.1, 0.15) is 117 Å². The van der Waals surface area contributed by atoms with E-state index >= 15 is 0 Å². The lowest BCUT2D eigenvalue weighted by atomic mass is 9.82. The van der Waals surface area contributed by atoms with Gasteiger partial charge in [0.25, 0.3) is 17.7 Å². The molecule has 0 spiro atoms. The summed E-state index contributed by atoms with van der Waals surface area (Å²) < 4.78 is 85.1. The van der Waals surface area contributed by atoms with E-state index in [1.807, 2.05) is 0 Å². The predicted octanol–water partition coefficient (Wildman–Crippen LogP) is 4.22. The number of carbonyl (C=O) groups excluding carboxylic acids is 3. The molecule has 6 fully saturated rings. The molecule has 19 nitrogen and oxygen atoms in total. The molecule has 394 valence electrons. The third-order valence-corrected chi connectivity index (χ3v) is 15.6. The van der Waals surface area contributed by atoms with Gasteiger partial charge in [0.2, 0.25) is 10.9 Å². The van der Waals surface area contributed by atoms with Crippen molar-refractivity contribution in [3.8, 4) is 11.5 Å². The first-order valence-electron chi connectivity index (χ1n) is 24.6. The molecule has 74 heavy (non-hydrogen) atoms. The highest BCUT2D eigenvalue weighted by molar-refractivity contribution is 6.00. The Hall–Kier alpha value is -6.66. The number of ether oxygens (including phenoxy) is 5. The van der Waals surface area contributed by atoms with Crippen LogP contribution in [0.5, 0.6) is 11.5 Å². The Bertz CT molecular complexity index is 3050. The van der Waals surface area contributed by atoms with Crippen LogP contribution < -0.4 is 26.6 Å². The summed E-state index contributed by atoms with van der Waals surface area (Å²) in [5.41, 5.74) is 1.96. The molecule has 4 bridgehead atoms. The Morgan fingerprint density at radius 3 is 1.73 bits per heavy atom. The fourth-order valence-electron chi connectivity index (χ4n) is 11.8. The van der Waals surface area contributed by atoms with Gasteiger partial charge < -0.3 is 63.9 Å². The Morgan fingerprint density at radius 2 is 1.20 bits per heavy atom. The molecule has 6 aliphatic heterocycles. The van der Waals surface area contributed by atoms with Gasteiger partial charge in [0.15, 0.2) is 35.3 Å². The first kappa shape index (κ1) is 50.9. The summed E-state index contributed by atoms with van der Waals surface area (Å²) in [5.74, 6) is -6.76. The van der Waals surface area contributed by atoms with Crippen LogP contribution in [0.2, 0.25) is 0 Å². The van der Waals surface area contributed by atoms with Gasteiger partial charge in [-0.3, -0.25) is 24.0 Å². The fourth-order valence-corrected chi connectivity index (χ4v) is 11.8. The lowest BCUT2D eigenvalue weighted by Crippen LogP contribution is -2.57. The number of hydrogen-bond acceptors (Lipinski definition) is 13. The van der Waals surface area contributed by atoms with Crippen molar-refractivity contribution in [3.05, 3.63) is 126 Å². The van der Waals surface area contributed by atoms with E-state index in [1.54, 1.807) is 9.80 Å². The summed E-state index contributed by atoms with van der Waals surface area (Å²) in [6.07, 6.45) is 8.17. The van der Waals surface area contributed by atoms with E-state index in [-0.39, 0.29) is 91.1 Å². The van der Waals surface area contributed by atoms with Crippen molar-refractivity contribution in [1.29, 1.82) is 0 Å². The molecular weight excluding hydrogens is 981 g/mol. The Balaban J connectivity index is 0.000000140. The number of amides is 3. The molecule has 0 radical (unpaired) electrons. The number of carbonyl (C=O) groups is 4. The molecular formula is C51H54F4N6O13. The number of aromatic nitrogens is 2. The smallest absolute Gasteiger partial charge is 0.341 e. The molecule has 2 aromatic carbocycles. The van der Waals surface area contributed by atoms with Gasteiger partial charge in [-0.2, -0.15) is 0 Å². The third-order valence-electron chi connectivity index (χ3n) is 15.6. The maximum absolute atomic E-state index is 14.8. The molecule has 4 saturated heterocycles. The van der Waals surface area contributed by atoms with Gasteiger partial charge >= 0.3 is 5.97 Å². The lowest BCUT2D eigenvalue weighted by Gasteiger charge is -2.44. The zero-order chi connectivity index (χ0) is 52.4. The van der Waals surface area contributed by atoms with E-state index in [9.17, 15) is 56.5 Å². The Kier molecular flexibility index (Phi) is 13.7. The van der Waals surface area contributed by atoms with Gasteiger partial charge in [0.1, 0.15) is 34.4 Å². The highest BCUT2D eigenvalue weighted by Crippen LogP contribution is 2.41. The first-order chi connectivity index (χ1) is 35.4. The molecule has 3 amide bonds. The number of aromatic hydroxyl groups is 1. The monoisotopic (exact) mass is 1030 g/mol. The number of benzene rings is 2. The van der Waals surface area contributed by atoms with Gasteiger partial charge in [0, 0.05) is 79.7 Å². The van der Waals surface area contributed by atoms with Crippen molar-refractivity contribution in [1.82, 2.24) is 24.3 Å². The van der Waals surface area contributed by atoms with Gasteiger partial charge in [0.05, 0.1) is 37.9 Å². The van der Waals surface area contributed by atoms with Crippen molar-refractivity contribution in [2.75, 3.05) is 33.5 Å². The highest BCUT2D eigenvalue weighted by Gasteiger charge is 2.50. The summed E-state index contributed by atoms with van der Waals surface area (Å²) in [7, 11) is 1.26. The fraction of sp³-hybridized carbons (Fsp3) is 0.490. The molecule has 6 atom stereocenters. The number of aromatic carboxylic acids is 1. The summed E-state index contributed by atoms with van der Waals surface area (Å²) in [5, 5.41) is 22.7. The van der Waals surface area contributed by atoms with Crippen molar-refractivity contribution in [3.63, 3.8) is 0 Å². The van der Waals surface area contributed by atoms with E-state index in [1.165, 1.54) is 46.8 Å². The summed E-state index contributed by atoms with van der Waals surface area (Å²) in [6, 6.07) is 6.77. The van der Waals surface area contributed by atoms with Crippen LogP contribution in [-0.2, 0) is 43.1 Å². The van der Waals surface area contributed by atoms with E-state index in [2.05, 4.69) is 5.32 Å². The maximum Gasteiger partial charge on any atom is 0.341 e. The van der Waals surface area contributed by atoms with Gasteiger partial charge in [-0.1, -0.05) is 12.1 Å². The second-order valence-electron chi connectivity index (χ2n) is 19.9. The number of fused-ring (bicyclic) bond motifs is 10. The van der Waals surface area contributed by atoms with E-state index in [0.29, 0.717) is 38.2 Å². The van der Waals surface area contributed by atoms with Crippen molar-refractivity contribution < 1.29 is 70.6 Å². The van der Waals surface area contributed by atoms with Crippen LogP contribution in [0.25, 0.3) is 0 Å². The quantitative estimate of drug-likeness (QED) is 0.198. The standard InChI is InChI=1S/C25H25F2N3O6.C15H16N2O6.C11H13F2NO/c26-13-1-4-17(18(27)9-13)25(5-7-35-8-6-25)28-23(33)16-11-29-12-19-30(14-2-3-15(10-14)36-19)24(34)20(29)22(32)21(16)31;1-22-13-11-14(19)17-7-2-3-8(4-7)23-10(17)6-16(11)5-9(12(13)18)15(20)21;12-8-1-2-9(10(13)7-8)11(14)3-5-15-6-4-11/h1,4,9,11,14-15,19,32H,2-3,5-8,10,12H2,(H,28,33);5,7-8,10H,2-4,6H2,1H3,(H,20,21);1-2,7H,3-6,14H2/t14-,15+,19?;7-,8+,10?;/m11./s1. The minimum absolute atomic E-state index is 0.00791. The Morgan fingerprint density at radius 1 is 0.703 bits per heavy atom. The zero-order valence-corrected chi connectivity index (χ0v) is 40.2. The molecule has 23 heteroatoms. The predicted molar refractivity (Wildman–Crippen MR) is 249 cm³/mol. The highest BCUT2D eigenvalue weighted by atomic mass is 19.1. The average molecular weight is 1040 g/mol. The normalized spacial score (nSPS) is 25.7. The van der Waals surface area contributed by atoms with E-state index in [0.717, 1.165) is 56.7 Å². The number of nitrogens with zero attached hydrogens (tertiary/aromatic N) is 4. The number of carboxylic acid groups (broad SMARTS) is 1. The average Bonchev–Trinajstić information content (AvgIpc) is 3.95. The largest absolute Gasteiger partial charge is 0.503 e. The van der Waals surface area contributed by atoms with Crippen molar-refractivity contribution >= 4 is 23.7 Å². The van der Waals surface area contributed by atoms with Crippen LogP contribution in [0.3, 0.4) is 0 Å². The molecule has 4 aromatic rings. The molecule has 2 aliphatic carbocycles. The van der Waals surface area contributed by atoms with Crippen LogP contribution in [0.4, 0.5) is 17.6 Å². The number of methoxy groups -OCH3 is 1. The number of pyridine rings is 2. The van der Waals surface area contributed by atoms with E-state index < -0.39 is 86.8 Å². The maximum atomic E-state index is 14.8. The molecule has 8 heterocycles. The molecule has 8 aliphatic rings. The summed E-state index contributed by atoms with van der Waals surface area (Å²) in [4.78, 5) is 79.4. The number of nitrogens with two attached hydrogens (primary N) is 1. The van der Waals surface area contributed by atoms with Crippen molar-refractivity contribution in [2.45, 2.75) is 125 Å². The molecule has 2 saturated carbocycles. The second-order valence-corrected chi connectivity index (χ2v) is 19.9. The van der Waals surface area contributed by atoms with Crippen LogP contribution in [0, 0.1) is 23.3 Å². The SMILES string of the molecule is COc1c2n(cc(C(=O)O)c1=O)CC1O[C@H]3CC[C@H](C3)N1C2=O.NC1(c2ccc(F)cc2F)CCOCC1.O=C(NC1(c2ccc(F)cc2F)CCOCC1)c1cn2c(c(O)c1=O)C(=O)N1C(C2)O[C@H]2CC[C@@H]1C2. The minimum atomic E-state index is -1.34. The van der Waals surface area contributed by atoms with Crippen LogP contribution in [0.15, 0.2) is 58.4 Å². The lowest BCUT2D eigenvalue weighted by molar-refractivity contribution is -0.132. The zero-order valence-electron chi connectivity index (χ0n) is 40.2. The van der Waals surface area contributed by atoms with Gasteiger partial charge in [-0.25, -0.2) is 22.4 Å². The topological polar surface area (TPSA) is 243 Å². The number of carboxylic acids is 1. The van der Waals surface area contributed by atoms with Gasteiger partial charge in [-0.05, 0) is 76.3 Å². The van der Waals surface area contributed by atoms with Crippen LogP contribution >= 0.6 is 0 Å². The summed E-state index contributed by atoms with van der Waals surface area (Å²) in [6.45, 7) is 1.94. The second kappa shape index (κ2) is 19.9. The molecule has 12 rings (SSSR count). The molecule has 2 aromatic heterocycles. The summed E-state index contributed by atoms with van der Waals surface area (Å²) >= 11 is 0. The molecule has 2 unspecified atom stereocenters. The van der Waals surface area contributed by atoms with E-state index in [4.69, 9.17) is 29.4 Å². The third kappa shape index (κ3) is 9.11.